The fraction of sp³-hybridized carbons (Fsp3) is 0.160. The molecule has 0 aliphatic carbocycles. The Hall–Kier alpha value is -3.18. The van der Waals surface area contributed by atoms with Crippen LogP contribution >= 0.6 is 11.8 Å². The lowest BCUT2D eigenvalue weighted by Gasteiger charge is -2.15. The van der Waals surface area contributed by atoms with Gasteiger partial charge in [0.05, 0.1) is 5.25 Å². The molecule has 1 N–H and O–H groups in total. The van der Waals surface area contributed by atoms with E-state index in [1.165, 1.54) is 17.3 Å². The summed E-state index contributed by atoms with van der Waals surface area (Å²) in [6.07, 6.45) is 0. The van der Waals surface area contributed by atoms with Crippen LogP contribution in [-0.2, 0) is 4.79 Å². The Labute approximate surface area is 180 Å². The maximum Gasteiger partial charge on any atom is 0.237 e. The normalized spacial score (nSPS) is 12.0. The highest BCUT2D eigenvalue weighted by Gasteiger charge is 2.19. The highest BCUT2D eigenvalue weighted by Crippen LogP contribution is 2.33. The lowest BCUT2D eigenvalue weighted by molar-refractivity contribution is -0.115. The SMILES string of the molecule is Cc1ccc(NC(=O)C(C)Sc2nnc(-c3ccccc3)c3ccccc23)c(C)c1. The van der Waals surface area contributed by atoms with Crippen molar-refractivity contribution in [3.63, 3.8) is 0 Å². The summed E-state index contributed by atoms with van der Waals surface area (Å²) in [6.45, 7) is 5.94. The van der Waals surface area contributed by atoms with E-state index < -0.39 is 0 Å². The first-order valence-electron chi connectivity index (χ1n) is 9.88. The molecule has 0 aliphatic heterocycles. The molecule has 150 valence electrons. The standard InChI is InChI=1S/C25H23N3OS/c1-16-13-14-22(17(2)15-16)26-24(29)18(3)30-25-21-12-8-7-11-20(21)23(27-28-25)19-9-5-4-6-10-19/h4-15,18H,1-3H3,(H,26,29). The highest BCUT2D eigenvalue weighted by atomic mass is 32.2. The smallest absolute Gasteiger partial charge is 0.237 e. The van der Waals surface area contributed by atoms with Gasteiger partial charge < -0.3 is 5.32 Å². The van der Waals surface area contributed by atoms with Gasteiger partial charge in [-0.3, -0.25) is 4.79 Å². The zero-order chi connectivity index (χ0) is 21.1. The second-order valence-electron chi connectivity index (χ2n) is 7.33. The molecular weight excluding hydrogens is 390 g/mol. The van der Waals surface area contributed by atoms with Crippen LogP contribution in [0.1, 0.15) is 18.1 Å². The fourth-order valence-corrected chi connectivity index (χ4v) is 4.28. The van der Waals surface area contributed by atoms with Crippen LogP contribution in [0.5, 0.6) is 0 Å². The number of rotatable bonds is 5. The van der Waals surface area contributed by atoms with Crippen molar-refractivity contribution in [2.75, 3.05) is 5.32 Å². The third-order valence-corrected chi connectivity index (χ3v) is 6.09. The van der Waals surface area contributed by atoms with Crippen molar-refractivity contribution < 1.29 is 4.79 Å². The molecule has 4 rings (SSSR count). The number of hydrogen-bond acceptors (Lipinski definition) is 4. The first-order valence-corrected chi connectivity index (χ1v) is 10.8. The molecule has 0 saturated heterocycles. The molecule has 1 amide bonds. The van der Waals surface area contributed by atoms with E-state index in [9.17, 15) is 4.79 Å². The van der Waals surface area contributed by atoms with Crippen LogP contribution in [0.3, 0.4) is 0 Å². The molecule has 30 heavy (non-hydrogen) atoms. The molecule has 0 aliphatic rings. The Morgan fingerprint density at radius 2 is 1.60 bits per heavy atom. The molecule has 0 spiro atoms. The summed E-state index contributed by atoms with van der Waals surface area (Å²) in [5.41, 5.74) is 4.95. The molecule has 0 saturated carbocycles. The van der Waals surface area contributed by atoms with Crippen LogP contribution in [0.25, 0.3) is 22.0 Å². The van der Waals surface area contributed by atoms with Gasteiger partial charge in [0.2, 0.25) is 5.91 Å². The van der Waals surface area contributed by atoms with Crippen LogP contribution in [0.4, 0.5) is 5.69 Å². The van der Waals surface area contributed by atoms with Gasteiger partial charge in [-0.15, -0.1) is 10.2 Å². The molecule has 5 heteroatoms. The third-order valence-electron chi connectivity index (χ3n) is 5.00. The predicted molar refractivity (Wildman–Crippen MR) is 125 cm³/mol. The minimum Gasteiger partial charge on any atom is -0.325 e. The van der Waals surface area contributed by atoms with E-state index in [1.807, 2.05) is 81.4 Å². The second-order valence-corrected chi connectivity index (χ2v) is 8.66. The molecule has 1 heterocycles. The first kappa shape index (κ1) is 20.1. The number of benzene rings is 3. The maximum atomic E-state index is 12.8. The van der Waals surface area contributed by atoms with Crippen molar-refractivity contribution in [3.8, 4) is 11.3 Å². The minimum absolute atomic E-state index is 0.0510. The summed E-state index contributed by atoms with van der Waals surface area (Å²) in [6, 6.07) is 24.1. The van der Waals surface area contributed by atoms with Crippen molar-refractivity contribution >= 4 is 34.1 Å². The quantitative estimate of drug-likeness (QED) is 0.406. The number of aryl methyl sites for hydroxylation is 2. The topological polar surface area (TPSA) is 54.9 Å². The van der Waals surface area contributed by atoms with E-state index in [-0.39, 0.29) is 11.2 Å². The van der Waals surface area contributed by atoms with Gasteiger partial charge in [0.1, 0.15) is 10.7 Å². The number of fused-ring (bicyclic) bond motifs is 1. The van der Waals surface area contributed by atoms with E-state index in [1.54, 1.807) is 0 Å². The van der Waals surface area contributed by atoms with E-state index in [0.717, 1.165) is 38.3 Å². The monoisotopic (exact) mass is 413 g/mol. The van der Waals surface area contributed by atoms with Gasteiger partial charge in [-0.2, -0.15) is 0 Å². The zero-order valence-corrected chi connectivity index (χ0v) is 18.0. The number of carbonyl (C=O) groups excluding carboxylic acids is 1. The average Bonchev–Trinajstić information content (AvgIpc) is 2.76. The van der Waals surface area contributed by atoms with E-state index >= 15 is 0 Å². The van der Waals surface area contributed by atoms with Crippen LogP contribution in [-0.4, -0.2) is 21.4 Å². The molecule has 4 nitrogen and oxygen atoms in total. The number of nitrogens with one attached hydrogen (secondary N) is 1. The zero-order valence-electron chi connectivity index (χ0n) is 17.2. The molecular formula is C25H23N3OS. The van der Waals surface area contributed by atoms with Crippen LogP contribution in [0.15, 0.2) is 77.8 Å². The average molecular weight is 414 g/mol. The number of hydrogen-bond donors (Lipinski definition) is 1. The van der Waals surface area contributed by atoms with E-state index in [4.69, 9.17) is 0 Å². The Morgan fingerprint density at radius 3 is 2.33 bits per heavy atom. The molecule has 1 unspecified atom stereocenters. The van der Waals surface area contributed by atoms with Crippen molar-refractivity contribution in [1.29, 1.82) is 0 Å². The second kappa shape index (κ2) is 8.67. The van der Waals surface area contributed by atoms with Gasteiger partial charge in [-0.05, 0) is 32.4 Å². The van der Waals surface area contributed by atoms with Crippen molar-refractivity contribution in [2.24, 2.45) is 0 Å². The van der Waals surface area contributed by atoms with E-state index in [0.29, 0.717) is 0 Å². The largest absolute Gasteiger partial charge is 0.325 e. The summed E-state index contributed by atoms with van der Waals surface area (Å²) >= 11 is 1.43. The van der Waals surface area contributed by atoms with Gasteiger partial charge in [0.25, 0.3) is 0 Å². The summed E-state index contributed by atoms with van der Waals surface area (Å²) in [5, 5.41) is 14.5. The van der Waals surface area contributed by atoms with Gasteiger partial charge in [0.15, 0.2) is 0 Å². The van der Waals surface area contributed by atoms with Crippen LogP contribution < -0.4 is 5.32 Å². The molecule has 0 radical (unpaired) electrons. The van der Waals surface area contributed by atoms with Gasteiger partial charge in [-0.1, -0.05) is 84.1 Å². The number of aromatic nitrogens is 2. The van der Waals surface area contributed by atoms with Gasteiger partial charge >= 0.3 is 0 Å². The van der Waals surface area contributed by atoms with Crippen molar-refractivity contribution in [3.05, 3.63) is 83.9 Å². The summed E-state index contributed by atoms with van der Waals surface area (Å²) in [4.78, 5) is 12.8. The first-order chi connectivity index (χ1) is 14.5. The predicted octanol–water partition coefficient (Wildman–Crippen LogP) is 6.03. The molecule has 1 aromatic heterocycles. The summed E-state index contributed by atoms with van der Waals surface area (Å²) < 4.78 is 0. The Balaban J connectivity index is 1.60. The van der Waals surface area contributed by atoms with Crippen LogP contribution in [0.2, 0.25) is 0 Å². The number of amides is 1. The number of anilines is 1. The van der Waals surface area contributed by atoms with Crippen molar-refractivity contribution in [1.82, 2.24) is 10.2 Å². The summed E-state index contributed by atoms with van der Waals surface area (Å²) in [7, 11) is 0. The molecule has 0 fully saturated rings. The molecule has 4 aromatic rings. The highest BCUT2D eigenvalue weighted by molar-refractivity contribution is 8.00. The Morgan fingerprint density at radius 1 is 0.900 bits per heavy atom. The van der Waals surface area contributed by atoms with Crippen molar-refractivity contribution in [2.45, 2.75) is 31.0 Å². The third kappa shape index (κ3) is 4.21. The fourth-order valence-electron chi connectivity index (χ4n) is 3.38. The minimum atomic E-state index is -0.314. The number of carbonyl (C=O) groups is 1. The molecule has 0 bridgehead atoms. The van der Waals surface area contributed by atoms with E-state index in [2.05, 4.69) is 27.6 Å². The van der Waals surface area contributed by atoms with Gasteiger partial charge in [-0.25, -0.2) is 0 Å². The summed E-state index contributed by atoms with van der Waals surface area (Å²) in [5.74, 6) is -0.0510. The number of nitrogens with zero attached hydrogens (tertiary/aromatic N) is 2. The lowest BCUT2D eigenvalue weighted by Crippen LogP contribution is -2.23. The van der Waals surface area contributed by atoms with Gasteiger partial charge in [0, 0.05) is 22.0 Å². The Kier molecular flexibility index (Phi) is 5.81. The van der Waals surface area contributed by atoms with Crippen LogP contribution in [0, 0.1) is 13.8 Å². The lowest BCUT2D eigenvalue weighted by atomic mass is 10.1. The number of thioether (sulfide) groups is 1. The molecule has 3 aromatic carbocycles. The molecule has 1 atom stereocenters. The maximum absolute atomic E-state index is 12.8. The Bertz CT molecular complexity index is 1210.